The minimum Gasteiger partial charge on any atom is -0.486 e. The van der Waals surface area contributed by atoms with Gasteiger partial charge in [0.1, 0.15) is 17.7 Å². The summed E-state index contributed by atoms with van der Waals surface area (Å²) in [7, 11) is 0. The summed E-state index contributed by atoms with van der Waals surface area (Å²) in [5.74, 6) is -0.690. The Morgan fingerprint density at radius 2 is 1.72 bits per heavy atom. The fraction of sp³-hybridized carbons (Fsp3) is 0.241. The number of alkyl halides is 3. The van der Waals surface area contributed by atoms with Gasteiger partial charge in [0.25, 0.3) is 0 Å². The molecule has 0 bridgehead atoms. The van der Waals surface area contributed by atoms with Crippen LogP contribution in [0, 0.1) is 5.82 Å². The van der Waals surface area contributed by atoms with Crippen molar-refractivity contribution in [2.45, 2.75) is 31.7 Å². The van der Waals surface area contributed by atoms with Crippen LogP contribution in [0.2, 0.25) is 0 Å². The van der Waals surface area contributed by atoms with Gasteiger partial charge in [-0.15, -0.1) is 0 Å². The summed E-state index contributed by atoms with van der Waals surface area (Å²) in [5, 5.41) is 5.94. The van der Waals surface area contributed by atoms with Crippen LogP contribution in [0.25, 0.3) is 10.8 Å². The molecule has 1 N–H and O–H groups in total. The first-order chi connectivity index (χ1) is 17.3. The molecule has 7 heteroatoms. The molecule has 5 rings (SSSR count). The quantitative estimate of drug-likeness (QED) is 0.279. The summed E-state index contributed by atoms with van der Waals surface area (Å²) in [6.45, 7) is 3.12. The van der Waals surface area contributed by atoms with Gasteiger partial charge < -0.3 is 15.0 Å². The van der Waals surface area contributed by atoms with Gasteiger partial charge in [-0.2, -0.15) is 13.2 Å². The highest BCUT2D eigenvalue weighted by molar-refractivity contribution is 5.86. The molecule has 0 fully saturated rings. The molecule has 186 valence electrons. The zero-order valence-corrected chi connectivity index (χ0v) is 19.7. The Balaban J connectivity index is 1.32. The zero-order valence-electron chi connectivity index (χ0n) is 19.7. The molecule has 36 heavy (non-hydrogen) atoms. The minimum atomic E-state index is -4.77. The number of anilines is 2. The summed E-state index contributed by atoms with van der Waals surface area (Å²) < 4.78 is 60.2. The van der Waals surface area contributed by atoms with Gasteiger partial charge in [0.15, 0.2) is 0 Å². The van der Waals surface area contributed by atoms with Crippen LogP contribution >= 0.6 is 0 Å². The van der Waals surface area contributed by atoms with Gasteiger partial charge in [0, 0.05) is 11.7 Å². The Hall–Kier alpha value is -3.58. The van der Waals surface area contributed by atoms with Crippen LogP contribution in [0.1, 0.15) is 30.5 Å². The van der Waals surface area contributed by atoms with E-state index >= 15 is 0 Å². The molecule has 0 radical (unpaired) electrons. The van der Waals surface area contributed by atoms with Crippen molar-refractivity contribution in [2.24, 2.45) is 0 Å². The third-order valence-electron chi connectivity index (χ3n) is 6.61. The number of hydrogen-bond acceptors (Lipinski definition) is 3. The zero-order chi connectivity index (χ0) is 25.3. The van der Waals surface area contributed by atoms with E-state index in [0.29, 0.717) is 30.9 Å². The second kappa shape index (κ2) is 9.82. The Bertz CT molecular complexity index is 1370. The van der Waals surface area contributed by atoms with Crippen molar-refractivity contribution >= 4 is 22.1 Å². The van der Waals surface area contributed by atoms with E-state index in [9.17, 15) is 17.6 Å². The fourth-order valence-corrected chi connectivity index (χ4v) is 4.79. The van der Waals surface area contributed by atoms with Crippen LogP contribution in [0.15, 0.2) is 84.9 Å². The van der Waals surface area contributed by atoms with E-state index in [-0.39, 0.29) is 17.8 Å². The highest BCUT2D eigenvalue weighted by Crippen LogP contribution is 2.41. The number of nitrogens with one attached hydrogen (secondary N) is 1. The molecular weight excluding hydrogens is 468 g/mol. The first-order valence-electron chi connectivity index (χ1n) is 11.9. The summed E-state index contributed by atoms with van der Waals surface area (Å²) in [6, 6.07) is 25.0. The molecule has 0 spiro atoms. The molecule has 1 aliphatic rings. The first-order valence-corrected chi connectivity index (χ1v) is 11.9. The summed E-state index contributed by atoms with van der Waals surface area (Å²) >= 11 is 0. The van der Waals surface area contributed by atoms with Gasteiger partial charge in [-0.05, 0) is 66.6 Å². The maximum Gasteiger partial charge on any atom is 0.419 e. The average Bonchev–Trinajstić information content (AvgIpc) is 2.87. The Kier molecular flexibility index (Phi) is 6.58. The number of nitrogens with zero attached hydrogens (tertiary/aromatic N) is 1. The molecule has 1 aliphatic heterocycles. The average molecular weight is 495 g/mol. The highest BCUT2D eigenvalue weighted by atomic mass is 19.4. The van der Waals surface area contributed by atoms with Gasteiger partial charge in [0.05, 0.1) is 17.8 Å². The van der Waals surface area contributed by atoms with E-state index in [4.69, 9.17) is 4.74 Å². The lowest BCUT2D eigenvalue weighted by molar-refractivity contribution is -0.139. The van der Waals surface area contributed by atoms with E-state index in [2.05, 4.69) is 36.5 Å². The number of halogens is 4. The van der Waals surface area contributed by atoms with E-state index in [1.54, 1.807) is 23.1 Å². The third kappa shape index (κ3) is 4.88. The van der Waals surface area contributed by atoms with Crippen LogP contribution < -0.4 is 15.0 Å². The molecule has 3 nitrogen and oxygen atoms in total. The van der Waals surface area contributed by atoms with Crippen molar-refractivity contribution in [1.82, 2.24) is 5.32 Å². The van der Waals surface area contributed by atoms with Crippen molar-refractivity contribution in [3.63, 3.8) is 0 Å². The van der Waals surface area contributed by atoms with Crippen molar-refractivity contribution in [3.05, 3.63) is 102 Å². The molecule has 0 aromatic heterocycles. The number of rotatable bonds is 6. The van der Waals surface area contributed by atoms with E-state index in [0.717, 1.165) is 12.1 Å². The highest BCUT2D eigenvalue weighted by Gasteiger charge is 2.35. The number of fused-ring (bicyclic) bond motifs is 2. The second-order valence-corrected chi connectivity index (χ2v) is 9.01. The Morgan fingerprint density at radius 3 is 2.56 bits per heavy atom. The standard InChI is InChI=1S/C29H26F4N2O/c1-19(23-10-6-8-20-7-2-3-9-24(20)23)34-16-15-22-18-35(27-11-4-5-12-28(27)36-22)21-13-14-26(30)25(17-21)29(31,32)33/h2-14,17,19,22,34H,15-16,18H2,1H3/t19-,22?/m1/s1. The third-order valence-corrected chi connectivity index (χ3v) is 6.61. The minimum absolute atomic E-state index is 0.106. The molecule has 4 aromatic rings. The lowest BCUT2D eigenvalue weighted by Gasteiger charge is -2.37. The number of para-hydroxylation sites is 2. The summed E-state index contributed by atoms with van der Waals surface area (Å²) in [4.78, 5) is 1.77. The molecular formula is C29H26F4N2O. The van der Waals surface area contributed by atoms with Crippen LogP contribution in [0.4, 0.5) is 28.9 Å². The fourth-order valence-electron chi connectivity index (χ4n) is 4.79. The number of benzene rings is 4. The van der Waals surface area contributed by atoms with E-state index < -0.39 is 17.6 Å². The van der Waals surface area contributed by atoms with Gasteiger partial charge in [0.2, 0.25) is 0 Å². The monoisotopic (exact) mass is 494 g/mol. The van der Waals surface area contributed by atoms with Gasteiger partial charge in [-0.25, -0.2) is 4.39 Å². The second-order valence-electron chi connectivity index (χ2n) is 9.01. The molecule has 0 saturated carbocycles. The van der Waals surface area contributed by atoms with Crippen molar-refractivity contribution in [3.8, 4) is 5.75 Å². The van der Waals surface area contributed by atoms with Crippen molar-refractivity contribution < 1.29 is 22.3 Å². The largest absolute Gasteiger partial charge is 0.486 e. The van der Waals surface area contributed by atoms with Crippen LogP contribution in [-0.2, 0) is 6.18 Å². The Morgan fingerprint density at radius 1 is 0.972 bits per heavy atom. The van der Waals surface area contributed by atoms with Crippen LogP contribution in [0.5, 0.6) is 5.75 Å². The predicted octanol–water partition coefficient (Wildman–Crippen LogP) is 7.64. The van der Waals surface area contributed by atoms with E-state index in [1.807, 2.05) is 24.3 Å². The molecule has 1 heterocycles. The smallest absolute Gasteiger partial charge is 0.419 e. The molecule has 2 atom stereocenters. The van der Waals surface area contributed by atoms with E-state index in [1.165, 1.54) is 22.4 Å². The topological polar surface area (TPSA) is 24.5 Å². The van der Waals surface area contributed by atoms with Crippen LogP contribution in [0.3, 0.4) is 0 Å². The summed E-state index contributed by atoms with van der Waals surface area (Å²) in [5.41, 5.74) is 0.869. The summed E-state index contributed by atoms with van der Waals surface area (Å²) in [6.07, 6.45) is -4.38. The van der Waals surface area contributed by atoms with Crippen molar-refractivity contribution in [2.75, 3.05) is 18.0 Å². The normalized spacial score (nSPS) is 16.5. The number of ether oxygens (including phenoxy) is 1. The predicted molar refractivity (Wildman–Crippen MR) is 134 cm³/mol. The van der Waals surface area contributed by atoms with Gasteiger partial charge >= 0.3 is 6.18 Å². The molecule has 4 aromatic carbocycles. The molecule has 0 aliphatic carbocycles. The molecule has 1 unspecified atom stereocenters. The van der Waals surface area contributed by atoms with Gasteiger partial charge in [-0.1, -0.05) is 54.6 Å². The lowest BCUT2D eigenvalue weighted by atomic mass is 9.99. The number of hydrogen-bond donors (Lipinski definition) is 1. The SMILES string of the molecule is C[C@@H](NCCC1CN(c2ccc(F)c(C(F)(F)F)c2)c2ccccc2O1)c1cccc2ccccc12. The maximum absolute atomic E-state index is 13.9. The van der Waals surface area contributed by atoms with Crippen LogP contribution in [-0.4, -0.2) is 19.2 Å². The van der Waals surface area contributed by atoms with Crippen molar-refractivity contribution in [1.29, 1.82) is 0 Å². The maximum atomic E-state index is 13.9. The Labute approximate surface area is 207 Å². The first kappa shape index (κ1) is 24.1. The lowest BCUT2D eigenvalue weighted by Crippen LogP contribution is -2.39. The molecule has 0 saturated heterocycles. The van der Waals surface area contributed by atoms with Gasteiger partial charge in [-0.3, -0.25) is 0 Å². The molecule has 0 amide bonds.